The van der Waals surface area contributed by atoms with Gasteiger partial charge in [0.25, 0.3) is 0 Å². The molecule has 1 fully saturated rings. The SMILES string of the molecule is O=C1OC[C@@H]2OC(=O)c3cc(O)c(O)c(O)c3-c3c(O)c(O)c(O)c4c3C(=O)O[C@@H](C3OC(=O)c5c-4c(O)c(O)c(O)c5[C@H]3c3c(O)c(O)c(O)c4c3C(=O)OC[C@@H]3OC(=O)c5cc(O)c(O)c(O)c5-c5c(O)c(O)c(O)c6c5C(=O)O[C@H]([C@H]3OC(=O)c3cc(O)c(O)c(O)c3-4)[C@H]3OC(=O)c4c-6c(O)c(O)c(O)c4[C@@H]3C3(O)OC[C@H](O)[C@@H](O)[C@H]3O)[C@H]2OC(=O)c2cc(O)c(O)c(O)c2-c2c1cc(O)c(O)c2O. The zero-order chi connectivity index (χ0) is 103. The van der Waals surface area contributed by atoms with E-state index in [1.165, 1.54) is 0 Å². The highest BCUT2D eigenvalue weighted by atomic mass is 16.7. The third kappa shape index (κ3) is 12.2. The average Bonchev–Trinajstić information content (AvgIpc) is 0.893. The van der Waals surface area contributed by atoms with Crippen molar-refractivity contribution in [3.63, 3.8) is 0 Å². The molecule has 34 N–H and O–H groups in total. The quantitative estimate of drug-likeness (QED) is 0.0649. The molecule has 11 aliphatic heterocycles. The van der Waals surface area contributed by atoms with Crippen LogP contribution in [0.3, 0.4) is 0 Å². The van der Waals surface area contributed by atoms with Crippen LogP contribution in [-0.4, -0.2) is 326 Å². The highest BCUT2D eigenvalue weighted by molar-refractivity contribution is 6.20. The standard InChI is InChI=1S/C87H58O55/c88-14-1-9-22(50(100)44(14)94)23-10(2-15(89)45(95)51(23)101)80(124)137-70-20(7-132-77(9)121)135-78(122)11-3-16(90)46(96)52(102)24(11)28-38-30(58(108)65(115)56(28)106)31-40-35(63(113)68(118)59(31)109)36(72(139-83(40)127)74(70)141-84(38)128)34-37-27(55(105)67(117)62(34)112)26-13(5-18(92)48(98)54(26)104)81(125)138-71-21(8-133-82(37)126)136-79(123)12-4-17(91)47(97)53(103)25(12)29-39-32(60(110)66(116)57(29)107)33-41-42(64(114)69(119)61(33)111)43(73(140-86(41)130)75(71)142-85(39)129)87(131)76(120)49(99)19(93)6-134-87/h1-5,19-21,36,43,49,70-76,88-120,131H,6-8H2/t19-,20-,21-,36+,43-,49+,70-,71-,72?,73-,74+,75+,76+,87?/m0/s1. The van der Waals surface area contributed by atoms with Crippen LogP contribution in [0.15, 0.2) is 30.3 Å². The monoisotopic (exact) mass is 1980 g/mol. The van der Waals surface area contributed by atoms with Gasteiger partial charge >= 0.3 is 59.7 Å². The van der Waals surface area contributed by atoms with Crippen molar-refractivity contribution in [3.05, 3.63) is 103 Å². The first kappa shape index (κ1) is 91.8. The summed E-state index contributed by atoms with van der Waals surface area (Å²) in [5.41, 5.74) is -44.4. The fourth-order valence-corrected chi connectivity index (χ4v) is 19.1. The Morgan fingerprint density at radius 2 is 0.458 bits per heavy atom. The Hall–Kier alpha value is -19.3. The predicted octanol–water partition coefficient (Wildman–Crippen LogP) is 0.900. The zero-order valence-electron chi connectivity index (χ0n) is 69.3. The molecule has 0 spiro atoms. The molecule has 0 aromatic heterocycles. The Labute approximate surface area is 777 Å². The number of ether oxygens (including phenoxy) is 11. The molecule has 2 unspecified atom stereocenters. The Bertz CT molecular complexity index is 7630. The highest BCUT2D eigenvalue weighted by Gasteiger charge is 2.67. The Morgan fingerprint density at radius 1 is 0.218 bits per heavy atom. The van der Waals surface area contributed by atoms with E-state index < -0.39 is 476 Å². The number of hydrogen-bond acceptors (Lipinski definition) is 55. The highest BCUT2D eigenvalue weighted by Crippen LogP contribution is 2.69. The Balaban J connectivity index is 0.930. The molecule has 55 heteroatoms. The number of carbonyl (C=O) groups is 10. The van der Waals surface area contributed by atoms with Crippen LogP contribution in [0.5, 0.6) is 172 Å². The minimum absolute atomic E-state index is 0.0391. The second-order valence-corrected chi connectivity index (χ2v) is 32.9. The molecular formula is C87H58O55. The fourth-order valence-electron chi connectivity index (χ4n) is 19.1. The summed E-state index contributed by atoms with van der Waals surface area (Å²) in [4.78, 5) is 161. The number of aliphatic hydroxyl groups excluding tert-OH is 3. The van der Waals surface area contributed by atoms with Crippen LogP contribution in [0.1, 0.15) is 132 Å². The Kier molecular flexibility index (Phi) is 19.9. The average molecular weight is 1980 g/mol. The van der Waals surface area contributed by atoms with Crippen molar-refractivity contribution in [2.45, 2.75) is 84.8 Å². The van der Waals surface area contributed by atoms with E-state index in [9.17, 15) is 174 Å². The maximum Gasteiger partial charge on any atom is 0.340 e. The van der Waals surface area contributed by atoms with Crippen LogP contribution in [-0.2, 0) is 52.1 Å². The molecule has 21 rings (SSSR count). The maximum absolute atomic E-state index is 17.1. The molecule has 0 aliphatic carbocycles. The number of carbonyl (C=O) groups excluding carboxylic acids is 10. The molecule has 142 heavy (non-hydrogen) atoms. The first-order chi connectivity index (χ1) is 66.7. The van der Waals surface area contributed by atoms with Crippen molar-refractivity contribution < 1.29 is 274 Å². The second kappa shape index (κ2) is 30.9. The summed E-state index contributed by atoms with van der Waals surface area (Å²) >= 11 is 0. The summed E-state index contributed by atoms with van der Waals surface area (Å²) < 4.78 is 65.0. The van der Waals surface area contributed by atoms with Crippen molar-refractivity contribution in [3.8, 4) is 239 Å². The van der Waals surface area contributed by atoms with Gasteiger partial charge in [-0.05, 0) is 30.3 Å². The van der Waals surface area contributed by atoms with Gasteiger partial charge in [-0.25, -0.2) is 47.9 Å². The lowest BCUT2D eigenvalue weighted by atomic mass is 9.71. The van der Waals surface area contributed by atoms with Crippen LogP contribution in [0, 0.1) is 0 Å². The van der Waals surface area contributed by atoms with E-state index in [2.05, 4.69) is 0 Å². The van der Waals surface area contributed by atoms with Crippen molar-refractivity contribution in [1.29, 1.82) is 0 Å². The van der Waals surface area contributed by atoms with E-state index in [1.807, 2.05) is 0 Å². The lowest BCUT2D eigenvalue weighted by molar-refractivity contribution is -0.341. The molecule has 0 radical (unpaired) electrons. The van der Waals surface area contributed by atoms with Crippen LogP contribution in [0.25, 0.3) is 66.8 Å². The molecule has 1 saturated heterocycles. The summed E-state index contributed by atoms with van der Waals surface area (Å²) in [5, 5.41) is 408. The summed E-state index contributed by atoms with van der Waals surface area (Å²) in [5.74, 6) is -94.2. The van der Waals surface area contributed by atoms with Gasteiger partial charge in [-0.15, -0.1) is 0 Å². The molecule has 11 heterocycles. The van der Waals surface area contributed by atoms with Gasteiger partial charge < -0.3 is 226 Å². The van der Waals surface area contributed by atoms with Gasteiger partial charge in [0.05, 0.1) is 74.1 Å². The molecule has 10 aromatic carbocycles. The van der Waals surface area contributed by atoms with Gasteiger partial charge in [-0.2, -0.15) is 0 Å². The maximum atomic E-state index is 17.1. The van der Waals surface area contributed by atoms with Crippen LogP contribution >= 0.6 is 0 Å². The third-order valence-corrected chi connectivity index (χ3v) is 25.5. The summed E-state index contributed by atoms with van der Waals surface area (Å²) in [6.45, 7) is -5.85. The molecule has 0 amide bonds. The summed E-state index contributed by atoms with van der Waals surface area (Å²) in [7, 11) is 0. The normalized spacial score (nSPS) is 23.5. The number of benzene rings is 10. The van der Waals surface area contributed by atoms with E-state index in [-0.39, 0.29) is 30.3 Å². The molecule has 11 aliphatic rings. The lowest BCUT2D eigenvalue weighted by Gasteiger charge is -2.51. The number of phenols is 30. The van der Waals surface area contributed by atoms with E-state index in [0.29, 0.717) is 0 Å². The first-order valence-electron chi connectivity index (χ1n) is 40.1. The van der Waals surface area contributed by atoms with Gasteiger partial charge in [0.1, 0.15) is 31.5 Å². The number of cyclic esters (lactones) is 2. The van der Waals surface area contributed by atoms with E-state index >= 15 is 47.9 Å². The minimum Gasteiger partial charge on any atom is -0.504 e. The number of aliphatic hydroxyl groups is 4. The number of phenolic OH excluding ortho intramolecular Hbond substituents is 30. The second-order valence-electron chi connectivity index (χ2n) is 32.9. The summed E-state index contributed by atoms with van der Waals surface area (Å²) in [6.07, 6.45) is -36.6. The first-order valence-corrected chi connectivity index (χ1v) is 40.1. The van der Waals surface area contributed by atoms with Crippen LogP contribution < -0.4 is 0 Å². The lowest BCUT2D eigenvalue weighted by Crippen LogP contribution is -2.68. The molecule has 14 atom stereocenters. The number of fused-ring (bicyclic) bond motifs is 14. The largest absolute Gasteiger partial charge is 0.504 e. The van der Waals surface area contributed by atoms with Gasteiger partial charge in [0, 0.05) is 83.5 Å². The van der Waals surface area contributed by atoms with Crippen molar-refractivity contribution in [2.75, 3.05) is 19.8 Å². The predicted molar refractivity (Wildman–Crippen MR) is 436 cm³/mol. The minimum atomic E-state index is -4.09. The van der Waals surface area contributed by atoms with Crippen molar-refractivity contribution in [2.24, 2.45) is 0 Å². The van der Waals surface area contributed by atoms with Gasteiger partial charge in [0.15, 0.2) is 164 Å². The van der Waals surface area contributed by atoms with Gasteiger partial charge in [0.2, 0.25) is 63.3 Å². The van der Waals surface area contributed by atoms with Crippen molar-refractivity contribution in [1.82, 2.24) is 0 Å². The van der Waals surface area contributed by atoms with Gasteiger partial charge in [-0.3, -0.25) is 0 Å². The van der Waals surface area contributed by atoms with E-state index in [1.54, 1.807) is 0 Å². The van der Waals surface area contributed by atoms with Crippen LogP contribution in [0.2, 0.25) is 0 Å². The van der Waals surface area contributed by atoms with Crippen LogP contribution in [0.4, 0.5) is 0 Å². The third-order valence-electron chi connectivity index (χ3n) is 25.5. The molecule has 12 bridgehead atoms. The smallest absolute Gasteiger partial charge is 0.340 e. The Morgan fingerprint density at radius 3 is 0.817 bits per heavy atom. The summed E-state index contributed by atoms with van der Waals surface area (Å²) in [6, 6.07) is 0.287. The number of aromatic hydroxyl groups is 30. The van der Waals surface area contributed by atoms with E-state index in [4.69, 9.17) is 52.1 Å². The molecule has 0 saturated carbocycles. The molecular weight excluding hydrogens is 1920 g/mol. The molecule has 55 nitrogen and oxygen atoms in total. The van der Waals surface area contributed by atoms with E-state index in [0.717, 1.165) is 0 Å². The molecule has 736 valence electrons. The van der Waals surface area contributed by atoms with Crippen molar-refractivity contribution >= 4 is 59.7 Å². The number of hydrogen-bond donors (Lipinski definition) is 34. The van der Waals surface area contributed by atoms with Gasteiger partial charge in [-0.1, -0.05) is 0 Å². The zero-order valence-corrected chi connectivity index (χ0v) is 69.3. The molecule has 10 aromatic rings. The topological polar surface area (TPSA) is 960 Å². The number of rotatable bonds is 2. The number of esters is 10. The fraction of sp³-hybridized carbons (Fsp3) is 0.195.